The lowest BCUT2D eigenvalue weighted by atomic mass is 9.79. The maximum absolute atomic E-state index is 12.3. The van der Waals surface area contributed by atoms with E-state index >= 15 is 0 Å². The zero-order valence-electron chi connectivity index (χ0n) is 14.6. The van der Waals surface area contributed by atoms with Crippen LogP contribution in [0.3, 0.4) is 0 Å². The summed E-state index contributed by atoms with van der Waals surface area (Å²) in [5.74, 6) is -0.537. The molecule has 5 N–H and O–H groups in total. The number of nitrogens with one attached hydrogen (secondary N) is 1. The molecule has 1 amide bonds. The van der Waals surface area contributed by atoms with Gasteiger partial charge in [-0.15, -0.1) is 11.8 Å². The van der Waals surface area contributed by atoms with Gasteiger partial charge in [0.05, 0.1) is 29.9 Å². The van der Waals surface area contributed by atoms with Crippen LogP contribution in [0.5, 0.6) is 0 Å². The molecular weight excluding hydrogens is 342 g/mol. The Kier molecular flexibility index (Phi) is 5.55. The fourth-order valence-electron chi connectivity index (χ4n) is 4.36. The molecule has 0 unspecified atom stereocenters. The Morgan fingerprint density at radius 1 is 1.44 bits per heavy atom. The van der Waals surface area contributed by atoms with Gasteiger partial charge in [0, 0.05) is 35.1 Å². The van der Waals surface area contributed by atoms with E-state index in [1.54, 1.807) is 23.6 Å². The fraction of sp³-hybridized carbons (Fsp3) is 0.765. The van der Waals surface area contributed by atoms with Gasteiger partial charge < -0.3 is 26.2 Å². The van der Waals surface area contributed by atoms with Crippen molar-refractivity contribution in [2.75, 3.05) is 19.6 Å². The summed E-state index contributed by atoms with van der Waals surface area (Å²) in [5, 5.41) is 23.7. The van der Waals surface area contributed by atoms with Crippen LogP contribution in [-0.2, 0) is 9.59 Å². The molecule has 0 bridgehead atoms. The highest BCUT2D eigenvalue weighted by Crippen LogP contribution is 2.51. The standard InChI is InChI=1S/C17H27N3O4S/c1-8-15-14(9(2)22)17(24)20(15)11(7-21)16(8)25-13-6-19-5-10(13)12(23)3-4-18/h7-10,12-15,19,22-23H,3-6,18H2,1-2H3/t8-,9-,10-,12-,13-,14-,15-/m1/s1. The number of nitrogens with two attached hydrogens (primary N) is 1. The monoisotopic (exact) mass is 369 g/mol. The highest BCUT2D eigenvalue weighted by atomic mass is 32.2. The topological polar surface area (TPSA) is 116 Å². The van der Waals surface area contributed by atoms with E-state index < -0.39 is 18.1 Å². The van der Waals surface area contributed by atoms with Crippen molar-refractivity contribution in [3.8, 4) is 0 Å². The van der Waals surface area contributed by atoms with Gasteiger partial charge in [0.15, 0.2) is 6.29 Å². The fourth-order valence-corrected chi connectivity index (χ4v) is 5.96. The third kappa shape index (κ3) is 3.04. The highest BCUT2D eigenvalue weighted by molar-refractivity contribution is 8.03. The Labute approximate surface area is 152 Å². The second-order valence-corrected chi connectivity index (χ2v) is 8.53. The normalized spacial score (nSPS) is 37.1. The van der Waals surface area contributed by atoms with Gasteiger partial charge >= 0.3 is 0 Å². The largest absolute Gasteiger partial charge is 0.393 e. The van der Waals surface area contributed by atoms with E-state index in [-0.39, 0.29) is 29.0 Å². The molecule has 0 radical (unpaired) electrons. The maximum Gasteiger partial charge on any atom is 0.235 e. The van der Waals surface area contributed by atoms with Crippen molar-refractivity contribution in [1.82, 2.24) is 10.2 Å². The van der Waals surface area contributed by atoms with Crippen molar-refractivity contribution in [3.05, 3.63) is 10.6 Å². The van der Waals surface area contributed by atoms with E-state index in [0.717, 1.165) is 24.3 Å². The number of aliphatic hydroxyl groups excluding tert-OH is 2. The van der Waals surface area contributed by atoms with Crippen LogP contribution in [0.2, 0.25) is 0 Å². The smallest absolute Gasteiger partial charge is 0.235 e. The molecule has 140 valence electrons. The highest BCUT2D eigenvalue weighted by Gasteiger charge is 2.58. The van der Waals surface area contributed by atoms with Gasteiger partial charge in [0.2, 0.25) is 5.91 Å². The number of aldehydes is 1. The molecule has 3 aliphatic rings. The van der Waals surface area contributed by atoms with Gasteiger partial charge in [0.25, 0.3) is 0 Å². The Bertz CT molecular complexity index is 582. The number of aliphatic hydroxyl groups is 2. The summed E-state index contributed by atoms with van der Waals surface area (Å²) >= 11 is 1.59. The first-order valence-electron chi connectivity index (χ1n) is 8.88. The van der Waals surface area contributed by atoms with Gasteiger partial charge in [-0.2, -0.15) is 0 Å². The molecule has 0 spiro atoms. The van der Waals surface area contributed by atoms with E-state index in [2.05, 4.69) is 5.32 Å². The molecule has 8 heteroatoms. The van der Waals surface area contributed by atoms with E-state index in [4.69, 9.17) is 5.73 Å². The van der Waals surface area contributed by atoms with Gasteiger partial charge in [-0.25, -0.2) is 0 Å². The lowest BCUT2D eigenvalue weighted by molar-refractivity contribution is -0.160. The molecule has 0 aromatic rings. The third-order valence-electron chi connectivity index (χ3n) is 5.70. The summed E-state index contributed by atoms with van der Waals surface area (Å²) in [4.78, 5) is 26.4. The molecule has 7 nitrogen and oxygen atoms in total. The van der Waals surface area contributed by atoms with Crippen LogP contribution >= 0.6 is 11.8 Å². The minimum absolute atomic E-state index is 0.00963. The van der Waals surface area contributed by atoms with Crippen molar-refractivity contribution >= 4 is 24.0 Å². The first-order valence-corrected chi connectivity index (χ1v) is 9.76. The molecule has 3 aliphatic heterocycles. The number of nitrogens with zero attached hydrogens (tertiary/aromatic N) is 1. The maximum atomic E-state index is 12.3. The molecule has 0 saturated carbocycles. The predicted molar refractivity (Wildman–Crippen MR) is 95.5 cm³/mol. The summed E-state index contributed by atoms with van der Waals surface area (Å²) in [6.07, 6.45) is 0.109. The van der Waals surface area contributed by atoms with E-state index in [1.807, 2.05) is 6.92 Å². The minimum atomic E-state index is -0.722. The molecule has 2 fully saturated rings. The van der Waals surface area contributed by atoms with Crippen LogP contribution in [0.25, 0.3) is 0 Å². The zero-order chi connectivity index (χ0) is 18.3. The average molecular weight is 369 g/mol. The Balaban J connectivity index is 1.79. The van der Waals surface area contributed by atoms with Crippen LogP contribution in [0.1, 0.15) is 20.3 Å². The molecule has 2 saturated heterocycles. The number of allylic oxidation sites excluding steroid dienone is 1. The number of thioether (sulfide) groups is 1. The van der Waals surface area contributed by atoms with Crippen molar-refractivity contribution in [2.45, 2.75) is 43.8 Å². The Hall–Kier alpha value is -0.930. The van der Waals surface area contributed by atoms with E-state index in [1.165, 1.54) is 0 Å². The van der Waals surface area contributed by atoms with Crippen molar-refractivity contribution in [3.63, 3.8) is 0 Å². The van der Waals surface area contributed by atoms with Gasteiger partial charge in [-0.1, -0.05) is 6.92 Å². The molecule has 7 atom stereocenters. The van der Waals surface area contributed by atoms with Crippen LogP contribution in [-0.4, -0.2) is 70.4 Å². The zero-order valence-corrected chi connectivity index (χ0v) is 15.4. The summed E-state index contributed by atoms with van der Waals surface area (Å²) in [5.41, 5.74) is 6.00. The Morgan fingerprint density at radius 2 is 2.16 bits per heavy atom. The number of β-lactam (4-membered cyclic amide) rings is 1. The van der Waals surface area contributed by atoms with E-state index in [9.17, 15) is 19.8 Å². The summed E-state index contributed by atoms with van der Waals surface area (Å²) in [7, 11) is 0. The van der Waals surface area contributed by atoms with Crippen LogP contribution in [0, 0.1) is 17.8 Å². The molecule has 3 heterocycles. The number of carbonyl (C=O) groups excluding carboxylic acids is 2. The minimum Gasteiger partial charge on any atom is -0.393 e. The van der Waals surface area contributed by atoms with Crippen LogP contribution in [0.15, 0.2) is 10.6 Å². The molecule has 0 aromatic carbocycles. The van der Waals surface area contributed by atoms with Gasteiger partial charge in [0.1, 0.15) is 0 Å². The van der Waals surface area contributed by atoms with Crippen molar-refractivity contribution in [2.24, 2.45) is 23.5 Å². The summed E-state index contributed by atoms with van der Waals surface area (Å²) in [6, 6.07) is -0.142. The third-order valence-corrected chi connectivity index (χ3v) is 7.35. The summed E-state index contributed by atoms with van der Waals surface area (Å²) < 4.78 is 0. The SMILES string of the molecule is C[C@@H](O)[C@H]1C(=O)N2C(C=O)=C(S[C@@H]3CNC[C@@H]3[C@H](O)CCN)[C@H](C)[C@H]12. The predicted octanol–water partition coefficient (Wildman–Crippen LogP) is -0.715. The van der Waals surface area contributed by atoms with Crippen molar-refractivity contribution < 1.29 is 19.8 Å². The van der Waals surface area contributed by atoms with E-state index in [0.29, 0.717) is 18.7 Å². The number of rotatable bonds is 7. The first kappa shape index (κ1) is 18.8. The number of hydrogen-bond donors (Lipinski definition) is 4. The molecular formula is C17H27N3O4S. The molecule has 0 aromatic heterocycles. The lowest BCUT2D eigenvalue weighted by Crippen LogP contribution is -2.63. The van der Waals surface area contributed by atoms with Crippen molar-refractivity contribution in [1.29, 1.82) is 0 Å². The second-order valence-electron chi connectivity index (χ2n) is 7.24. The average Bonchev–Trinajstić information content (AvgIpc) is 3.10. The number of hydrogen-bond acceptors (Lipinski definition) is 7. The Morgan fingerprint density at radius 3 is 2.76 bits per heavy atom. The van der Waals surface area contributed by atoms with Crippen LogP contribution in [0.4, 0.5) is 0 Å². The quantitative estimate of drug-likeness (QED) is 0.346. The van der Waals surface area contributed by atoms with Crippen LogP contribution < -0.4 is 11.1 Å². The molecule has 0 aliphatic carbocycles. The number of carbonyl (C=O) groups is 2. The number of amides is 1. The first-order chi connectivity index (χ1) is 11.9. The lowest BCUT2D eigenvalue weighted by Gasteiger charge is -2.46. The van der Waals surface area contributed by atoms with Gasteiger partial charge in [-0.3, -0.25) is 9.59 Å². The molecule has 3 rings (SSSR count). The second kappa shape index (κ2) is 7.36. The summed E-state index contributed by atoms with van der Waals surface area (Å²) in [6.45, 7) is 5.54. The van der Waals surface area contributed by atoms with Gasteiger partial charge in [-0.05, 0) is 19.9 Å². The number of fused-ring (bicyclic) bond motifs is 1. The molecule has 25 heavy (non-hydrogen) atoms.